The van der Waals surface area contributed by atoms with Gasteiger partial charge in [0, 0.05) is 0 Å². The molecule has 0 saturated carbocycles. The zero-order valence-electron chi connectivity index (χ0n) is 9.16. The number of nitrogen functional groups attached to an aromatic ring is 1. The van der Waals surface area contributed by atoms with Gasteiger partial charge in [0.25, 0.3) is 6.43 Å². The highest BCUT2D eigenvalue weighted by atomic mass is 19.3. The van der Waals surface area contributed by atoms with Gasteiger partial charge in [-0.2, -0.15) is 5.10 Å². The maximum atomic E-state index is 12.6. The molecule has 2 heterocycles. The first kappa shape index (κ1) is 11.3. The average Bonchev–Trinajstić information content (AvgIpc) is 2.60. The van der Waals surface area contributed by atoms with E-state index >= 15 is 0 Å². The number of hydrogen-bond acceptors (Lipinski definition) is 3. The lowest BCUT2D eigenvalue weighted by molar-refractivity contribution is 0.0716. The summed E-state index contributed by atoms with van der Waals surface area (Å²) < 4.78 is 27.0. The van der Waals surface area contributed by atoms with Crippen molar-refractivity contribution in [2.24, 2.45) is 0 Å². The highest BCUT2D eigenvalue weighted by Gasteiger charge is 2.29. The Hall–Kier alpha value is -1.17. The van der Waals surface area contributed by atoms with Crippen molar-refractivity contribution in [2.75, 3.05) is 12.3 Å². The second-order valence-corrected chi connectivity index (χ2v) is 4.20. The molecule has 2 atom stereocenters. The molecular formula is C10H16F2N4. The lowest BCUT2D eigenvalue weighted by atomic mass is 9.99. The van der Waals surface area contributed by atoms with Crippen molar-refractivity contribution < 1.29 is 8.78 Å². The molecule has 16 heavy (non-hydrogen) atoms. The van der Waals surface area contributed by atoms with Gasteiger partial charge in [-0.05, 0) is 26.3 Å². The second kappa shape index (κ2) is 4.37. The number of rotatable bonds is 2. The van der Waals surface area contributed by atoms with E-state index in [0.29, 0.717) is 18.7 Å². The second-order valence-electron chi connectivity index (χ2n) is 4.20. The van der Waals surface area contributed by atoms with Crippen LogP contribution >= 0.6 is 0 Å². The number of anilines is 1. The van der Waals surface area contributed by atoms with Crippen molar-refractivity contribution >= 4 is 5.69 Å². The third kappa shape index (κ3) is 2.02. The molecule has 1 aromatic rings. The Balaban J connectivity index is 2.13. The molecule has 3 N–H and O–H groups in total. The van der Waals surface area contributed by atoms with Gasteiger partial charge in [-0.25, -0.2) is 8.78 Å². The van der Waals surface area contributed by atoms with Crippen LogP contribution in [-0.2, 0) is 0 Å². The van der Waals surface area contributed by atoms with Crippen molar-refractivity contribution in [3.05, 3.63) is 11.9 Å². The van der Waals surface area contributed by atoms with E-state index in [4.69, 9.17) is 5.73 Å². The first-order valence-corrected chi connectivity index (χ1v) is 5.40. The number of aromatic nitrogens is 2. The summed E-state index contributed by atoms with van der Waals surface area (Å²) >= 11 is 0. The van der Waals surface area contributed by atoms with Gasteiger partial charge in [0.1, 0.15) is 0 Å². The van der Waals surface area contributed by atoms with E-state index < -0.39 is 12.5 Å². The van der Waals surface area contributed by atoms with Crippen LogP contribution in [-0.4, -0.2) is 28.8 Å². The van der Waals surface area contributed by atoms with Crippen LogP contribution in [0.15, 0.2) is 6.20 Å². The predicted octanol–water partition coefficient (Wildman–Crippen LogP) is 1.33. The van der Waals surface area contributed by atoms with Gasteiger partial charge < -0.3 is 11.1 Å². The molecule has 1 saturated heterocycles. The number of alkyl halides is 2. The topological polar surface area (TPSA) is 55.9 Å². The van der Waals surface area contributed by atoms with E-state index in [1.807, 2.05) is 6.92 Å². The van der Waals surface area contributed by atoms with Gasteiger partial charge in [-0.3, -0.25) is 4.68 Å². The van der Waals surface area contributed by atoms with E-state index in [2.05, 4.69) is 10.4 Å². The molecule has 0 amide bonds. The van der Waals surface area contributed by atoms with Crippen molar-refractivity contribution in [2.45, 2.75) is 38.3 Å². The molecule has 0 bridgehead atoms. The van der Waals surface area contributed by atoms with Crippen LogP contribution in [0.3, 0.4) is 0 Å². The number of nitrogens with two attached hydrogens (primary N) is 1. The highest BCUT2D eigenvalue weighted by molar-refractivity contribution is 5.39. The van der Waals surface area contributed by atoms with E-state index in [9.17, 15) is 8.78 Å². The third-order valence-electron chi connectivity index (χ3n) is 3.14. The Morgan fingerprint density at radius 1 is 1.62 bits per heavy atom. The van der Waals surface area contributed by atoms with E-state index in [-0.39, 0.29) is 6.04 Å². The molecule has 1 aliphatic heterocycles. The van der Waals surface area contributed by atoms with Crippen molar-refractivity contribution in [3.63, 3.8) is 0 Å². The first-order chi connectivity index (χ1) is 7.59. The van der Waals surface area contributed by atoms with Gasteiger partial charge in [0.15, 0.2) is 0 Å². The van der Waals surface area contributed by atoms with Crippen LogP contribution in [0.5, 0.6) is 0 Å². The van der Waals surface area contributed by atoms with Crippen LogP contribution in [0.25, 0.3) is 0 Å². The maximum Gasteiger partial charge on any atom is 0.253 e. The minimum Gasteiger partial charge on any atom is -0.396 e. The van der Waals surface area contributed by atoms with E-state index in [0.717, 1.165) is 12.1 Å². The summed E-state index contributed by atoms with van der Waals surface area (Å²) in [4.78, 5) is 0. The Labute approximate surface area is 92.8 Å². The van der Waals surface area contributed by atoms with Crippen molar-refractivity contribution in [1.82, 2.24) is 15.1 Å². The summed E-state index contributed by atoms with van der Waals surface area (Å²) in [5.41, 5.74) is 7.17. The Bertz CT molecular complexity index is 364. The summed E-state index contributed by atoms with van der Waals surface area (Å²) in [6, 6.07) is -0.707. The van der Waals surface area contributed by atoms with Gasteiger partial charge in [0.05, 0.1) is 29.7 Å². The summed E-state index contributed by atoms with van der Waals surface area (Å²) in [5.74, 6) is 0. The first-order valence-electron chi connectivity index (χ1n) is 5.40. The lowest BCUT2D eigenvalue weighted by Gasteiger charge is -2.30. The highest BCUT2D eigenvalue weighted by Crippen LogP contribution is 2.26. The molecule has 1 aliphatic rings. The normalized spacial score (nSPS) is 26.2. The molecule has 0 aliphatic carbocycles. The Kier molecular flexibility index (Phi) is 3.09. The SMILES string of the molecule is Cc1c(N)cnn1[C@H]1CCNC(C(F)F)C1. The number of nitrogens with one attached hydrogen (secondary N) is 1. The molecule has 6 heteroatoms. The molecule has 90 valence electrons. The van der Waals surface area contributed by atoms with Crippen molar-refractivity contribution in [1.29, 1.82) is 0 Å². The summed E-state index contributed by atoms with van der Waals surface area (Å²) in [5, 5.41) is 6.97. The lowest BCUT2D eigenvalue weighted by Crippen LogP contribution is -2.43. The van der Waals surface area contributed by atoms with E-state index in [1.54, 1.807) is 10.9 Å². The van der Waals surface area contributed by atoms with Crippen LogP contribution in [0.2, 0.25) is 0 Å². The fourth-order valence-corrected chi connectivity index (χ4v) is 2.15. The van der Waals surface area contributed by atoms with Gasteiger partial charge in [-0.1, -0.05) is 0 Å². The van der Waals surface area contributed by atoms with Crippen molar-refractivity contribution in [3.8, 4) is 0 Å². The van der Waals surface area contributed by atoms with Crippen LogP contribution in [0.4, 0.5) is 14.5 Å². The Morgan fingerprint density at radius 2 is 2.38 bits per heavy atom. The summed E-state index contributed by atoms with van der Waals surface area (Å²) in [6.07, 6.45) is 0.468. The fraction of sp³-hybridized carbons (Fsp3) is 0.700. The number of nitrogens with zero attached hydrogens (tertiary/aromatic N) is 2. The van der Waals surface area contributed by atoms with E-state index in [1.165, 1.54) is 0 Å². The zero-order chi connectivity index (χ0) is 11.7. The smallest absolute Gasteiger partial charge is 0.253 e. The van der Waals surface area contributed by atoms with Crippen LogP contribution in [0.1, 0.15) is 24.6 Å². The average molecular weight is 230 g/mol. The molecule has 1 aromatic heterocycles. The van der Waals surface area contributed by atoms with Gasteiger partial charge in [-0.15, -0.1) is 0 Å². The third-order valence-corrected chi connectivity index (χ3v) is 3.14. The number of hydrogen-bond donors (Lipinski definition) is 2. The predicted molar refractivity (Wildman–Crippen MR) is 57.4 cm³/mol. The number of piperidine rings is 1. The largest absolute Gasteiger partial charge is 0.396 e. The van der Waals surface area contributed by atoms with Gasteiger partial charge in [0.2, 0.25) is 0 Å². The standard InChI is InChI=1S/C10H16F2N4/c1-6-8(13)5-15-16(6)7-2-3-14-9(4-7)10(11)12/h5,7,9-10,14H,2-4,13H2,1H3/t7-,9?/m0/s1. The monoisotopic (exact) mass is 230 g/mol. The Morgan fingerprint density at radius 3 is 2.94 bits per heavy atom. The maximum absolute atomic E-state index is 12.6. The molecule has 1 unspecified atom stereocenters. The molecule has 0 spiro atoms. The minimum absolute atomic E-state index is 0.0255. The summed E-state index contributed by atoms with van der Waals surface area (Å²) in [7, 11) is 0. The molecule has 0 aromatic carbocycles. The molecule has 2 rings (SSSR count). The molecule has 4 nitrogen and oxygen atoms in total. The summed E-state index contributed by atoms with van der Waals surface area (Å²) in [6.45, 7) is 2.46. The zero-order valence-corrected chi connectivity index (χ0v) is 9.16. The molecule has 0 radical (unpaired) electrons. The van der Waals surface area contributed by atoms with Crippen LogP contribution in [0, 0.1) is 6.92 Å². The number of halogens is 2. The fourth-order valence-electron chi connectivity index (χ4n) is 2.15. The quantitative estimate of drug-likeness (QED) is 0.806. The van der Waals surface area contributed by atoms with Crippen LogP contribution < -0.4 is 11.1 Å². The molecule has 1 fully saturated rings. The molecular weight excluding hydrogens is 214 g/mol. The minimum atomic E-state index is -2.32. The van der Waals surface area contributed by atoms with Gasteiger partial charge >= 0.3 is 0 Å².